The Morgan fingerprint density at radius 1 is 1.07 bits per heavy atom. The van der Waals surface area contributed by atoms with Crippen molar-refractivity contribution in [3.05, 3.63) is 47.5 Å². The van der Waals surface area contributed by atoms with E-state index in [1.807, 2.05) is 36.4 Å². The van der Waals surface area contributed by atoms with E-state index in [1.54, 1.807) is 0 Å². The number of benzene rings is 1. The number of ketones is 1. The van der Waals surface area contributed by atoms with Crippen LogP contribution in [-0.2, 0) is 9.53 Å². The van der Waals surface area contributed by atoms with E-state index in [0.717, 1.165) is 44.9 Å². The number of aliphatic hydroxyl groups is 1. The highest BCUT2D eigenvalue weighted by molar-refractivity contribution is 5.91. The SMILES string of the molecule is C[C@@]12CC[C@H]3[C@H](CCC4=CC(=O)CC[C@]43CO)[C@@H]1CC[C@@H]2OC(=O)c1ccccc1. The average Bonchev–Trinajstić information content (AvgIpc) is 3.10. The van der Waals surface area contributed by atoms with Crippen molar-refractivity contribution in [2.24, 2.45) is 28.6 Å². The lowest BCUT2D eigenvalue weighted by Gasteiger charge is -2.58. The summed E-state index contributed by atoms with van der Waals surface area (Å²) < 4.78 is 6.08. The largest absolute Gasteiger partial charge is 0.458 e. The predicted molar refractivity (Wildman–Crippen MR) is 114 cm³/mol. The van der Waals surface area contributed by atoms with Gasteiger partial charge in [0.2, 0.25) is 0 Å². The Morgan fingerprint density at radius 2 is 1.87 bits per heavy atom. The van der Waals surface area contributed by atoms with Crippen LogP contribution in [0, 0.1) is 28.6 Å². The summed E-state index contributed by atoms with van der Waals surface area (Å²) in [6.45, 7) is 2.48. The van der Waals surface area contributed by atoms with E-state index in [0.29, 0.717) is 29.7 Å². The molecule has 3 fully saturated rings. The zero-order valence-electron chi connectivity index (χ0n) is 17.8. The summed E-state index contributed by atoms with van der Waals surface area (Å²) in [5.74, 6) is 1.52. The van der Waals surface area contributed by atoms with Gasteiger partial charge >= 0.3 is 5.97 Å². The molecule has 4 aliphatic rings. The van der Waals surface area contributed by atoms with Crippen molar-refractivity contribution in [2.75, 3.05) is 6.61 Å². The number of fused-ring (bicyclic) bond motifs is 5. The second-order valence-electron chi connectivity index (χ2n) is 10.2. The van der Waals surface area contributed by atoms with Gasteiger partial charge in [0.15, 0.2) is 5.78 Å². The summed E-state index contributed by atoms with van der Waals surface area (Å²) in [5.41, 5.74) is 1.64. The Kier molecular flexibility index (Phi) is 4.89. The van der Waals surface area contributed by atoms with Crippen molar-refractivity contribution in [2.45, 2.75) is 64.4 Å². The molecule has 4 aliphatic carbocycles. The third-order valence-electron chi connectivity index (χ3n) is 9.14. The lowest BCUT2D eigenvalue weighted by atomic mass is 9.47. The van der Waals surface area contributed by atoms with Crippen molar-refractivity contribution in [1.82, 2.24) is 0 Å². The fourth-order valence-electron chi connectivity index (χ4n) is 7.57. The maximum absolute atomic E-state index is 12.7. The number of hydrogen-bond acceptors (Lipinski definition) is 4. The summed E-state index contributed by atoms with van der Waals surface area (Å²) in [7, 11) is 0. The quantitative estimate of drug-likeness (QED) is 0.736. The highest BCUT2D eigenvalue weighted by Gasteiger charge is 2.61. The molecule has 30 heavy (non-hydrogen) atoms. The molecule has 0 aromatic heterocycles. The van der Waals surface area contributed by atoms with E-state index in [2.05, 4.69) is 6.92 Å². The molecular formula is C26H32O4. The first-order valence-corrected chi connectivity index (χ1v) is 11.6. The first-order valence-electron chi connectivity index (χ1n) is 11.6. The van der Waals surface area contributed by atoms with Crippen molar-refractivity contribution < 1.29 is 19.4 Å². The summed E-state index contributed by atoms with van der Waals surface area (Å²) >= 11 is 0. The minimum Gasteiger partial charge on any atom is -0.458 e. The Bertz CT molecular complexity index is 874. The van der Waals surface area contributed by atoms with Crippen LogP contribution in [0.1, 0.15) is 68.6 Å². The lowest BCUT2D eigenvalue weighted by molar-refractivity contribution is -0.120. The van der Waals surface area contributed by atoms with Crippen LogP contribution in [-0.4, -0.2) is 29.6 Å². The first kappa shape index (κ1) is 20.0. The summed E-state index contributed by atoms with van der Waals surface area (Å²) in [4.78, 5) is 24.7. The maximum atomic E-state index is 12.7. The van der Waals surface area contributed by atoms with Crippen molar-refractivity contribution >= 4 is 11.8 Å². The highest BCUT2D eigenvalue weighted by Crippen LogP contribution is 2.65. The molecule has 0 spiro atoms. The van der Waals surface area contributed by atoms with Gasteiger partial charge in [-0.1, -0.05) is 30.7 Å². The van der Waals surface area contributed by atoms with E-state index < -0.39 is 0 Å². The molecule has 0 unspecified atom stereocenters. The summed E-state index contributed by atoms with van der Waals surface area (Å²) in [6.07, 6.45) is 9.27. The molecule has 0 aliphatic heterocycles. The van der Waals surface area contributed by atoms with Crippen LogP contribution >= 0.6 is 0 Å². The zero-order valence-corrected chi connectivity index (χ0v) is 17.8. The van der Waals surface area contributed by atoms with Crippen LogP contribution < -0.4 is 0 Å². The molecule has 0 amide bonds. The second-order valence-corrected chi connectivity index (χ2v) is 10.2. The van der Waals surface area contributed by atoms with Gasteiger partial charge in [0.25, 0.3) is 0 Å². The van der Waals surface area contributed by atoms with Crippen molar-refractivity contribution in [3.8, 4) is 0 Å². The molecule has 6 atom stereocenters. The lowest BCUT2D eigenvalue weighted by Crippen LogP contribution is -2.53. The molecule has 160 valence electrons. The monoisotopic (exact) mass is 408 g/mol. The van der Waals surface area contributed by atoms with Gasteiger partial charge in [-0.3, -0.25) is 4.79 Å². The molecule has 1 aromatic carbocycles. The van der Waals surface area contributed by atoms with E-state index in [4.69, 9.17) is 4.74 Å². The fourth-order valence-corrected chi connectivity index (χ4v) is 7.57. The van der Waals surface area contributed by atoms with Gasteiger partial charge in [0.05, 0.1) is 12.2 Å². The molecule has 3 saturated carbocycles. The molecule has 4 heteroatoms. The van der Waals surface area contributed by atoms with Crippen LogP contribution in [0.4, 0.5) is 0 Å². The molecule has 0 heterocycles. The van der Waals surface area contributed by atoms with Gasteiger partial charge in [-0.2, -0.15) is 0 Å². The maximum Gasteiger partial charge on any atom is 0.338 e. The van der Waals surface area contributed by atoms with E-state index in [-0.39, 0.29) is 35.3 Å². The number of esters is 1. The second kappa shape index (κ2) is 7.33. The number of carbonyl (C=O) groups excluding carboxylic acids is 2. The summed E-state index contributed by atoms with van der Waals surface area (Å²) in [6, 6.07) is 9.29. The zero-order chi connectivity index (χ0) is 20.9. The van der Waals surface area contributed by atoms with Crippen LogP contribution in [0.3, 0.4) is 0 Å². The Morgan fingerprint density at radius 3 is 2.63 bits per heavy atom. The normalized spacial score (nSPS) is 40.1. The van der Waals surface area contributed by atoms with Crippen LogP contribution in [0.25, 0.3) is 0 Å². The average molecular weight is 409 g/mol. The molecular weight excluding hydrogens is 376 g/mol. The predicted octanol–water partition coefficient (Wildman–Crippen LogP) is 4.72. The van der Waals surface area contributed by atoms with E-state index in [9.17, 15) is 14.7 Å². The van der Waals surface area contributed by atoms with Gasteiger partial charge in [0, 0.05) is 17.3 Å². The molecule has 0 radical (unpaired) electrons. The van der Waals surface area contributed by atoms with Gasteiger partial charge < -0.3 is 9.84 Å². The topological polar surface area (TPSA) is 63.6 Å². The summed E-state index contributed by atoms with van der Waals surface area (Å²) in [5, 5.41) is 10.5. The van der Waals surface area contributed by atoms with Crippen LogP contribution in [0.2, 0.25) is 0 Å². The number of carbonyl (C=O) groups is 2. The van der Waals surface area contributed by atoms with Gasteiger partial charge in [-0.05, 0) is 80.9 Å². The fraction of sp³-hybridized carbons (Fsp3) is 0.615. The number of hydrogen-bond donors (Lipinski definition) is 1. The first-order chi connectivity index (χ1) is 14.5. The number of rotatable bonds is 3. The molecule has 1 aromatic rings. The molecule has 0 saturated heterocycles. The molecule has 5 rings (SSSR count). The third kappa shape index (κ3) is 2.90. The van der Waals surface area contributed by atoms with E-state index >= 15 is 0 Å². The molecule has 1 N–H and O–H groups in total. The van der Waals surface area contributed by atoms with Gasteiger partial charge in [-0.25, -0.2) is 4.79 Å². The van der Waals surface area contributed by atoms with Crippen LogP contribution in [0.5, 0.6) is 0 Å². The van der Waals surface area contributed by atoms with Crippen LogP contribution in [0.15, 0.2) is 42.0 Å². The van der Waals surface area contributed by atoms with Crippen molar-refractivity contribution in [1.29, 1.82) is 0 Å². The number of ether oxygens (including phenoxy) is 1. The minimum absolute atomic E-state index is 0.00789. The van der Waals surface area contributed by atoms with Crippen molar-refractivity contribution in [3.63, 3.8) is 0 Å². The third-order valence-corrected chi connectivity index (χ3v) is 9.14. The molecule has 0 bridgehead atoms. The number of aliphatic hydroxyl groups excluding tert-OH is 1. The molecule has 4 nitrogen and oxygen atoms in total. The standard InChI is InChI=1S/C26H32O4/c1-25-13-12-22-20(8-7-18-15-19(28)11-14-26(18,22)16-27)21(25)9-10-23(25)30-24(29)17-5-3-2-4-6-17/h2-6,15,20-23,27H,7-14,16H2,1H3/t20-,21+,22+,23+,25-,26+/m1/s1. The Hall–Kier alpha value is -1.94. The van der Waals surface area contributed by atoms with Gasteiger partial charge in [0.1, 0.15) is 6.10 Å². The van der Waals surface area contributed by atoms with E-state index in [1.165, 1.54) is 5.57 Å². The Labute approximate surface area is 178 Å². The Balaban J connectivity index is 1.38. The highest BCUT2D eigenvalue weighted by atomic mass is 16.5. The smallest absolute Gasteiger partial charge is 0.338 e. The minimum atomic E-state index is -0.212. The van der Waals surface area contributed by atoms with Gasteiger partial charge in [-0.15, -0.1) is 0 Å².